The Labute approximate surface area is 78.8 Å². The van der Waals surface area contributed by atoms with Crippen LogP contribution in [0.15, 0.2) is 12.4 Å². The molecular weight excluding hydrogens is 164 g/mol. The lowest BCUT2D eigenvalue weighted by Crippen LogP contribution is -2.25. The van der Waals surface area contributed by atoms with Gasteiger partial charge >= 0.3 is 0 Å². The topological polar surface area (TPSA) is 55.0 Å². The molecule has 0 bridgehead atoms. The Morgan fingerprint density at radius 3 is 2.54 bits per heavy atom. The van der Waals surface area contributed by atoms with E-state index < -0.39 is 0 Å². The average Bonchev–Trinajstić information content (AvgIpc) is 2.16. The van der Waals surface area contributed by atoms with Crippen molar-refractivity contribution in [1.29, 1.82) is 0 Å². The second-order valence-electron chi connectivity index (χ2n) is 2.84. The first-order valence-electron chi connectivity index (χ1n) is 4.61. The maximum absolute atomic E-state index is 5.71. The van der Waals surface area contributed by atoms with Gasteiger partial charge in [-0.1, -0.05) is 6.92 Å². The van der Waals surface area contributed by atoms with Gasteiger partial charge in [0.2, 0.25) is 0 Å². The first-order chi connectivity index (χ1) is 6.29. The summed E-state index contributed by atoms with van der Waals surface area (Å²) in [5, 5.41) is 0. The first kappa shape index (κ1) is 9.77. The summed E-state index contributed by atoms with van der Waals surface area (Å²) >= 11 is 0. The Hall–Kier alpha value is -1.32. The second kappa shape index (κ2) is 4.64. The fourth-order valence-corrected chi connectivity index (χ4v) is 1.27. The number of hydrogen-bond acceptors (Lipinski definition) is 4. The average molecular weight is 180 g/mol. The van der Waals surface area contributed by atoms with Gasteiger partial charge < -0.3 is 10.6 Å². The molecule has 4 nitrogen and oxygen atoms in total. The number of aromatic nitrogens is 2. The molecule has 1 heterocycles. The summed E-state index contributed by atoms with van der Waals surface area (Å²) in [5.74, 6) is 1.31. The lowest BCUT2D eigenvalue weighted by atomic mass is 10.4. The predicted octanol–water partition coefficient (Wildman–Crippen LogP) is 1.30. The van der Waals surface area contributed by atoms with Gasteiger partial charge in [-0.2, -0.15) is 0 Å². The molecule has 0 saturated carbocycles. The third-order valence-electron chi connectivity index (χ3n) is 1.88. The second-order valence-corrected chi connectivity index (χ2v) is 2.84. The molecule has 1 aromatic rings. The van der Waals surface area contributed by atoms with E-state index in [0.717, 1.165) is 25.3 Å². The molecule has 0 spiro atoms. The minimum Gasteiger partial charge on any atom is -0.381 e. The largest absolute Gasteiger partial charge is 0.381 e. The molecule has 0 atom stereocenters. The molecule has 2 N–H and O–H groups in total. The molecule has 0 aliphatic rings. The Morgan fingerprint density at radius 1 is 1.31 bits per heavy atom. The summed E-state index contributed by atoms with van der Waals surface area (Å²) in [6, 6.07) is 0. The van der Waals surface area contributed by atoms with Crippen molar-refractivity contribution >= 4 is 11.6 Å². The van der Waals surface area contributed by atoms with Gasteiger partial charge in [0.1, 0.15) is 0 Å². The summed E-state index contributed by atoms with van der Waals surface area (Å²) in [7, 11) is 0. The fourth-order valence-electron chi connectivity index (χ4n) is 1.27. The number of nitrogen functional groups attached to an aromatic ring is 1. The molecule has 0 amide bonds. The number of nitrogens with zero attached hydrogens (tertiary/aromatic N) is 3. The third kappa shape index (κ3) is 2.31. The maximum atomic E-state index is 5.71. The SMILES string of the molecule is CCCN(CC)c1nccnc1N. The monoisotopic (exact) mass is 180 g/mol. The lowest BCUT2D eigenvalue weighted by molar-refractivity contribution is 0.777. The van der Waals surface area contributed by atoms with Crippen molar-refractivity contribution in [2.75, 3.05) is 23.7 Å². The van der Waals surface area contributed by atoms with Crippen LogP contribution in [0.2, 0.25) is 0 Å². The van der Waals surface area contributed by atoms with Gasteiger partial charge in [-0.3, -0.25) is 0 Å². The van der Waals surface area contributed by atoms with E-state index in [1.165, 1.54) is 0 Å². The minimum absolute atomic E-state index is 0.512. The molecule has 0 unspecified atom stereocenters. The van der Waals surface area contributed by atoms with Crippen molar-refractivity contribution in [2.24, 2.45) is 0 Å². The van der Waals surface area contributed by atoms with Crippen molar-refractivity contribution in [3.05, 3.63) is 12.4 Å². The van der Waals surface area contributed by atoms with Gasteiger partial charge in [-0.25, -0.2) is 9.97 Å². The number of rotatable bonds is 4. The van der Waals surface area contributed by atoms with Gasteiger partial charge in [0.05, 0.1) is 0 Å². The normalized spacial score (nSPS) is 10.0. The van der Waals surface area contributed by atoms with Crippen LogP contribution in [0.4, 0.5) is 11.6 Å². The van der Waals surface area contributed by atoms with Crippen molar-refractivity contribution in [3.8, 4) is 0 Å². The van der Waals surface area contributed by atoms with Crippen molar-refractivity contribution in [3.63, 3.8) is 0 Å². The maximum Gasteiger partial charge on any atom is 0.171 e. The molecule has 0 aliphatic heterocycles. The highest BCUT2D eigenvalue weighted by molar-refractivity contribution is 5.56. The van der Waals surface area contributed by atoms with Gasteiger partial charge in [0, 0.05) is 25.5 Å². The van der Waals surface area contributed by atoms with Gasteiger partial charge in [-0.05, 0) is 13.3 Å². The molecule has 0 saturated heterocycles. The predicted molar refractivity (Wildman–Crippen MR) is 54.6 cm³/mol. The summed E-state index contributed by atoms with van der Waals surface area (Å²) in [4.78, 5) is 10.3. The quantitative estimate of drug-likeness (QED) is 0.758. The van der Waals surface area contributed by atoms with E-state index >= 15 is 0 Å². The van der Waals surface area contributed by atoms with Gasteiger partial charge in [0.15, 0.2) is 11.6 Å². The molecule has 1 aromatic heterocycles. The highest BCUT2D eigenvalue weighted by atomic mass is 15.2. The zero-order chi connectivity index (χ0) is 9.68. The van der Waals surface area contributed by atoms with Gasteiger partial charge in [0.25, 0.3) is 0 Å². The molecule has 13 heavy (non-hydrogen) atoms. The molecule has 0 aliphatic carbocycles. The Kier molecular flexibility index (Phi) is 3.49. The van der Waals surface area contributed by atoms with E-state index in [1.54, 1.807) is 12.4 Å². The third-order valence-corrected chi connectivity index (χ3v) is 1.88. The lowest BCUT2D eigenvalue weighted by Gasteiger charge is -2.21. The molecule has 1 rings (SSSR count). The van der Waals surface area contributed by atoms with E-state index in [2.05, 4.69) is 28.7 Å². The van der Waals surface area contributed by atoms with E-state index in [4.69, 9.17) is 5.73 Å². The van der Waals surface area contributed by atoms with Crippen LogP contribution in [-0.2, 0) is 0 Å². The van der Waals surface area contributed by atoms with Gasteiger partial charge in [-0.15, -0.1) is 0 Å². The van der Waals surface area contributed by atoms with Crippen LogP contribution in [0.3, 0.4) is 0 Å². The summed E-state index contributed by atoms with van der Waals surface area (Å²) in [5.41, 5.74) is 5.71. The summed E-state index contributed by atoms with van der Waals surface area (Å²) in [6.07, 6.45) is 4.37. The number of hydrogen-bond donors (Lipinski definition) is 1. The van der Waals surface area contributed by atoms with E-state index in [1.807, 2.05) is 0 Å². The summed E-state index contributed by atoms with van der Waals surface area (Å²) in [6.45, 7) is 6.11. The standard InChI is InChI=1S/C9H16N4/c1-3-7-13(4-2)9-8(10)11-5-6-12-9/h5-6H,3-4,7H2,1-2H3,(H2,10,11). The van der Waals surface area contributed by atoms with E-state index in [-0.39, 0.29) is 0 Å². The fraction of sp³-hybridized carbons (Fsp3) is 0.556. The first-order valence-corrected chi connectivity index (χ1v) is 4.61. The smallest absolute Gasteiger partial charge is 0.171 e. The molecular formula is C9H16N4. The Morgan fingerprint density at radius 2 is 2.00 bits per heavy atom. The Balaban J connectivity index is 2.84. The highest BCUT2D eigenvalue weighted by Gasteiger charge is 2.07. The van der Waals surface area contributed by atoms with Crippen LogP contribution in [0.25, 0.3) is 0 Å². The molecule has 72 valence electrons. The van der Waals surface area contributed by atoms with Crippen LogP contribution >= 0.6 is 0 Å². The summed E-state index contributed by atoms with van der Waals surface area (Å²) < 4.78 is 0. The molecule has 0 radical (unpaired) electrons. The van der Waals surface area contributed by atoms with Crippen LogP contribution in [0.5, 0.6) is 0 Å². The number of nitrogens with two attached hydrogens (primary N) is 1. The highest BCUT2D eigenvalue weighted by Crippen LogP contribution is 2.15. The van der Waals surface area contributed by atoms with E-state index in [9.17, 15) is 0 Å². The minimum atomic E-state index is 0.512. The van der Waals surface area contributed by atoms with Crippen LogP contribution in [0, 0.1) is 0 Å². The van der Waals surface area contributed by atoms with Crippen molar-refractivity contribution in [1.82, 2.24) is 9.97 Å². The molecule has 4 heteroatoms. The van der Waals surface area contributed by atoms with Crippen molar-refractivity contribution < 1.29 is 0 Å². The van der Waals surface area contributed by atoms with E-state index in [0.29, 0.717) is 5.82 Å². The molecule has 0 fully saturated rings. The van der Waals surface area contributed by atoms with Crippen LogP contribution in [-0.4, -0.2) is 23.1 Å². The van der Waals surface area contributed by atoms with Crippen LogP contribution in [0.1, 0.15) is 20.3 Å². The van der Waals surface area contributed by atoms with Crippen LogP contribution < -0.4 is 10.6 Å². The zero-order valence-electron chi connectivity index (χ0n) is 8.20. The zero-order valence-corrected chi connectivity index (χ0v) is 8.20. The number of anilines is 2. The molecule has 0 aromatic carbocycles. The Bertz CT molecular complexity index is 262. The van der Waals surface area contributed by atoms with Crippen molar-refractivity contribution in [2.45, 2.75) is 20.3 Å².